The lowest BCUT2D eigenvalue weighted by atomic mass is 9.44. The molecule has 0 amide bonds. The maximum atomic E-state index is 12.8. The number of hydrogen-bond donors (Lipinski definition) is 2. The van der Waals surface area contributed by atoms with Gasteiger partial charge in [-0.2, -0.15) is 0 Å². The van der Waals surface area contributed by atoms with E-state index in [4.69, 9.17) is 18.9 Å². The zero-order valence-corrected chi connectivity index (χ0v) is 24.0. The second kappa shape index (κ2) is 12.4. The fraction of sp³-hybridized carbons (Fsp3) is 0.700. The molecule has 2 aliphatic carbocycles. The van der Waals surface area contributed by atoms with Gasteiger partial charge in [-0.3, -0.25) is 19.1 Å². The van der Waals surface area contributed by atoms with E-state index in [1.165, 1.54) is 13.0 Å². The first-order valence-electron chi connectivity index (χ1n) is 14.0. The van der Waals surface area contributed by atoms with E-state index in [9.17, 15) is 24.6 Å². The Morgan fingerprint density at radius 1 is 1.10 bits per heavy atom. The van der Waals surface area contributed by atoms with Crippen LogP contribution in [0.4, 0.5) is 0 Å². The molecule has 9 nitrogen and oxygen atoms in total. The smallest absolute Gasteiger partial charge is 0.308 e. The van der Waals surface area contributed by atoms with Crippen LogP contribution in [-0.4, -0.2) is 59.0 Å². The molecule has 3 rings (SSSR count). The molecule has 0 aromatic heterocycles. The van der Waals surface area contributed by atoms with E-state index in [-0.39, 0.29) is 25.2 Å². The fourth-order valence-electron chi connectivity index (χ4n) is 6.63. The third-order valence-electron chi connectivity index (χ3n) is 8.82. The third-order valence-corrected chi connectivity index (χ3v) is 8.82. The molecule has 39 heavy (non-hydrogen) atoms. The number of rotatable bonds is 10. The van der Waals surface area contributed by atoms with Gasteiger partial charge in [-0.05, 0) is 50.0 Å². The Hall–Kier alpha value is -2.49. The molecule has 0 bridgehead atoms. The monoisotopic (exact) mass is 548 g/mol. The highest BCUT2D eigenvalue weighted by Gasteiger charge is 2.74. The molecule has 1 spiro atoms. The highest BCUT2D eigenvalue weighted by molar-refractivity contribution is 5.70. The summed E-state index contributed by atoms with van der Waals surface area (Å²) in [5.41, 5.74) is -0.837. The molecule has 1 saturated heterocycles. The molecular weight excluding hydrogens is 504 g/mol. The average molecular weight is 549 g/mol. The van der Waals surface area contributed by atoms with Gasteiger partial charge in [0, 0.05) is 31.3 Å². The minimum Gasteiger partial charge on any atom is -0.459 e. The van der Waals surface area contributed by atoms with Crippen LogP contribution >= 0.6 is 0 Å². The van der Waals surface area contributed by atoms with Gasteiger partial charge in [-0.1, -0.05) is 52.0 Å². The van der Waals surface area contributed by atoms with Crippen LogP contribution in [0.5, 0.6) is 0 Å². The van der Waals surface area contributed by atoms with Gasteiger partial charge in [0.25, 0.3) is 0 Å². The predicted octanol–water partition coefficient (Wildman–Crippen LogP) is 4.12. The van der Waals surface area contributed by atoms with E-state index in [1.54, 1.807) is 6.08 Å². The number of hydrogen-bond acceptors (Lipinski definition) is 9. The predicted molar refractivity (Wildman–Crippen MR) is 143 cm³/mol. The molecule has 2 fully saturated rings. The molecule has 0 aromatic carbocycles. The second-order valence-electron chi connectivity index (χ2n) is 11.4. The highest BCUT2D eigenvalue weighted by atomic mass is 16.8. The Labute approximate surface area is 231 Å². The van der Waals surface area contributed by atoms with E-state index in [2.05, 4.69) is 6.58 Å². The number of esters is 3. The van der Waals surface area contributed by atoms with Crippen LogP contribution in [0, 0.1) is 22.7 Å². The fourth-order valence-corrected chi connectivity index (χ4v) is 6.63. The average Bonchev–Trinajstić information content (AvgIpc) is 3.16. The van der Waals surface area contributed by atoms with Crippen molar-refractivity contribution in [1.82, 2.24) is 0 Å². The van der Waals surface area contributed by atoms with Crippen molar-refractivity contribution in [3.63, 3.8) is 0 Å². The Morgan fingerprint density at radius 3 is 2.28 bits per heavy atom. The van der Waals surface area contributed by atoms with Crippen LogP contribution in [0.15, 0.2) is 36.0 Å². The Morgan fingerprint density at radius 2 is 1.72 bits per heavy atom. The van der Waals surface area contributed by atoms with Crippen molar-refractivity contribution >= 4 is 17.9 Å². The first-order chi connectivity index (χ1) is 18.4. The van der Waals surface area contributed by atoms with E-state index >= 15 is 0 Å². The summed E-state index contributed by atoms with van der Waals surface area (Å²) in [5, 5.41) is 23.2. The first kappa shape index (κ1) is 31.0. The standard InChI is InChI=1S/C30H44O9/c1-8-11-23(33)37-25-18(5)29(7,14-13-17(4)10-3)22-16-20(32)15-21-27(38-24(34)12-9-2)39-28(36-19(6)31)30(21,22)26(25)35/h10,13,15,18,20,22,25-28,32,35H,3,8-9,11-12,14,16H2,1-2,4-7H3/b17-13-/t18-,20+,22+,25-,26+,27+,28-,29-,30-/m0/s1. The van der Waals surface area contributed by atoms with Gasteiger partial charge >= 0.3 is 17.9 Å². The molecule has 3 aliphatic rings. The van der Waals surface area contributed by atoms with Crippen LogP contribution in [0.1, 0.15) is 80.1 Å². The Kier molecular flexibility index (Phi) is 9.83. The van der Waals surface area contributed by atoms with Gasteiger partial charge in [-0.15, -0.1) is 0 Å². The molecule has 1 heterocycles. The first-order valence-corrected chi connectivity index (χ1v) is 14.0. The molecule has 0 radical (unpaired) electrons. The molecule has 218 valence electrons. The van der Waals surface area contributed by atoms with Crippen molar-refractivity contribution in [2.75, 3.05) is 0 Å². The summed E-state index contributed by atoms with van der Waals surface area (Å²) in [5.74, 6) is -2.47. The summed E-state index contributed by atoms with van der Waals surface area (Å²) in [6.07, 6.45) is 1.59. The van der Waals surface area contributed by atoms with Gasteiger partial charge < -0.3 is 24.4 Å². The van der Waals surface area contributed by atoms with E-state index in [0.29, 0.717) is 24.8 Å². The summed E-state index contributed by atoms with van der Waals surface area (Å²) in [6, 6.07) is 0. The number of ether oxygens (including phenoxy) is 4. The zero-order valence-electron chi connectivity index (χ0n) is 24.0. The van der Waals surface area contributed by atoms with Gasteiger partial charge in [0.1, 0.15) is 12.2 Å². The summed E-state index contributed by atoms with van der Waals surface area (Å²) < 4.78 is 23.4. The number of aliphatic hydroxyl groups excluding tert-OH is 2. The number of carbonyl (C=O) groups is 3. The third kappa shape index (κ3) is 5.72. The molecular formula is C30H44O9. The molecule has 0 unspecified atom stereocenters. The molecule has 9 atom stereocenters. The lowest BCUT2D eigenvalue weighted by Gasteiger charge is -2.62. The molecule has 9 heteroatoms. The summed E-state index contributed by atoms with van der Waals surface area (Å²) in [7, 11) is 0. The highest BCUT2D eigenvalue weighted by Crippen LogP contribution is 2.67. The zero-order chi connectivity index (χ0) is 29.1. The molecule has 1 aliphatic heterocycles. The van der Waals surface area contributed by atoms with Crippen LogP contribution < -0.4 is 0 Å². The maximum Gasteiger partial charge on any atom is 0.308 e. The molecule has 2 N–H and O–H groups in total. The van der Waals surface area contributed by atoms with Gasteiger partial charge in [-0.25, -0.2) is 0 Å². The van der Waals surface area contributed by atoms with E-state index < -0.39 is 65.5 Å². The molecule has 1 saturated carbocycles. The minimum absolute atomic E-state index is 0.143. The van der Waals surface area contributed by atoms with Gasteiger partial charge in [0.05, 0.1) is 11.5 Å². The number of allylic oxidation sites excluding steroid dienone is 3. The summed E-state index contributed by atoms with van der Waals surface area (Å²) in [4.78, 5) is 37.6. The van der Waals surface area contributed by atoms with Crippen LogP contribution in [0.3, 0.4) is 0 Å². The van der Waals surface area contributed by atoms with Crippen molar-refractivity contribution in [3.8, 4) is 0 Å². The van der Waals surface area contributed by atoms with Gasteiger partial charge in [0.15, 0.2) is 0 Å². The summed E-state index contributed by atoms with van der Waals surface area (Å²) in [6.45, 7) is 14.7. The van der Waals surface area contributed by atoms with Crippen molar-refractivity contribution < 1.29 is 43.5 Å². The van der Waals surface area contributed by atoms with E-state index in [1.807, 2.05) is 40.7 Å². The van der Waals surface area contributed by atoms with Crippen molar-refractivity contribution in [1.29, 1.82) is 0 Å². The van der Waals surface area contributed by atoms with Crippen LogP contribution in [-0.2, 0) is 33.3 Å². The lowest BCUT2D eigenvalue weighted by Crippen LogP contribution is -2.68. The van der Waals surface area contributed by atoms with Crippen molar-refractivity contribution in [2.24, 2.45) is 22.7 Å². The lowest BCUT2D eigenvalue weighted by molar-refractivity contribution is -0.275. The van der Waals surface area contributed by atoms with Crippen molar-refractivity contribution in [3.05, 3.63) is 36.0 Å². The quantitative estimate of drug-likeness (QED) is 0.179. The largest absolute Gasteiger partial charge is 0.459 e. The van der Waals surface area contributed by atoms with E-state index in [0.717, 1.165) is 5.57 Å². The topological polar surface area (TPSA) is 129 Å². The van der Waals surface area contributed by atoms with Crippen LogP contribution in [0.2, 0.25) is 0 Å². The van der Waals surface area contributed by atoms with Crippen molar-refractivity contribution in [2.45, 2.75) is 111 Å². The normalized spacial score (nSPS) is 37.7. The Bertz CT molecular complexity index is 1020. The number of aliphatic hydroxyl groups is 2. The SMILES string of the molecule is C=C/C(C)=C\C[C@]1(C)[C@H]2C[C@H](O)C=C3[C@H](OC(=O)CCC)O[C@H](OC(C)=O)[C@@]32[C@H](O)[C@@H](OC(=O)CCC)[C@@H]1C. The number of carbonyl (C=O) groups excluding carboxylic acids is 3. The minimum atomic E-state index is -1.43. The summed E-state index contributed by atoms with van der Waals surface area (Å²) >= 11 is 0. The molecule has 0 aromatic rings. The van der Waals surface area contributed by atoms with Gasteiger partial charge in [0.2, 0.25) is 12.6 Å². The van der Waals surface area contributed by atoms with Crippen LogP contribution in [0.25, 0.3) is 0 Å². The Balaban J connectivity index is 2.25. The second-order valence-corrected chi connectivity index (χ2v) is 11.4. The maximum absolute atomic E-state index is 12.8.